The molecule has 0 spiro atoms. The highest BCUT2D eigenvalue weighted by Gasteiger charge is 2.20. The van der Waals surface area contributed by atoms with Gasteiger partial charge in [0.1, 0.15) is 17.2 Å². The Morgan fingerprint density at radius 1 is 0.791 bits per heavy atom. The van der Waals surface area contributed by atoms with Crippen LogP contribution in [0.5, 0.6) is 11.5 Å². The summed E-state index contributed by atoms with van der Waals surface area (Å²) >= 11 is 1.40. The van der Waals surface area contributed by atoms with Crippen molar-refractivity contribution in [2.75, 3.05) is 24.9 Å². The van der Waals surface area contributed by atoms with Crippen LogP contribution in [0.2, 0.25) is 0 Å². The van der Waals surface area contributed by atoms with Gasteiger partial charge in [0, 0.05) is 33.5 Å². The topological polar surface area (TPSA) is 106 Å². The Balaban J connectivity index is 1.51. The maximum atomic E-state index is 13.5. The number of methoxy groups -OCH3 is 2. The van der Waals surface area contributed by atoms with E-state index in [1.54, 1.807) is 87.0 Å². The monoisotopic (exact) mass is 595 g/mol. The molecule has 0 saturated carbocycles. The van der Waals surface area contributed by atoms with Crippen LogP contribution in [0.25, 0.3) is 6.08 Å². The lowest BCUT2D eigenvalue weighted by molar-refractivity contribution is -0.116. The van der Waals surface area contributed by atoms with E-state index in [1.807, 2.05) is 43.3 Å². The summed E-state index contributed by atoms with van der Waals surface area (Å²) in [5, 5.41) is 8.20. The molecule has 0 aliphatic carbocycles. The van der Waals surface area contributed by atoms with Crippen LogP contribution >= 0.6 is 11.8 Å². The van der Waals surface area contributed by atoms with Gasteiger partial charge in [-0.1, -0.05) is 55.5 Å². The average molecular weight is 596 g/mol. The molecule has 3 amide bonds. The summed E-state index contributed by atoms with van der Waals surface area (Å²) in [6.07, 6.45) is 2.16. The zero-order chi connectivity index (χ0) is 30.6. The molecule has 9 heteroatoms. The van der Waals surface area contributed by atoms with Crippen LogP contribution in [0.15, 0.2) is 114 Å². The SMILES string of the molecule is CCC(Sc1cccc(NC(=O)/C(=C\c2ccccc2OC)NC(=O)c2ccccc2)c1)C(=O)Nc1cccc(OC)c1. The molecule has 4 aromatic carbocycles. The highest BCUT2D eigenvalue weighted by Crippen LogP contribution is 2.29. The number of rotatable bonds is 12. The number of benzene rings is 4. The smallest absolute Gasteiger partial charge is 0.272 e. The molecule has 1 atom stereocenters. The highest BCUT2D eigenvalue weighted by atomic mass is 32.2. The maximum Gasteiger partial charge on any atom is 0.272 e. The molecule has 1 unspecified atom stereocenters. The summed E-state index contributed by atoms with van der Waals surface area (Å²) < 4.78 is 10.7. The van der Waals surface area contributed by atoms with Crippen molar-refractivity contribution < 1.29 is 23.9 Å². The standard InChI is InChI=1S/C34H33N3O5S/c1-4-31(34(40)36-25-15-10-17-27(21-25)41-2)43-28-18-11-16-26(22-28)35-33(39)29(20-24-14-8-9-19-30(24)42-3)37-32(38)23-12-6-5-7-13-23/h5-22,31H,4H2,1-3H3,(H,35,39)(H,36,40)(H,37,38)/b29-20+. The molecule has 0 aliphatic heterocycles. The molecule has 0 radical (unpaired) electrons. The van der Waals surface area contributed by atoms with Gasteiger partial charge < -0.3 is 25.4 Å². The predicted molar refractivity (Wildman–Crippen MR) is 172 cm³/mol. The Morgan fingerprint density at radius 2 is 1.49 bits per heavy atom. The Hall–Kier alpha value is -5.02. The van der Waals surface area contributed by atoms with Crippen LogP contribution in [0.3, 0.4) is 0 Å². The van der Waals surface area contributed by atoms with Gasteiger partial charge in [-0.3, -0.25) is 14.4 Å². The van der Waals surface area contributed by atoms with E-state index in [0.29, 0.717) is 40.4 Å². The van der Waals surface area contributed by atoms with Gasteiger partial charge in [0.15, 0.2) is 0 Å². The lowest BCUT2D eigenvalue weighted by atomic mass is 10.1. The fraction of sp³-hybridized carbons (Fsp3) is 0.147. The van der Waals surface area contributed by atoms with Crippen LogP contribution < -0.4 is 25.4 Å². The van der Waals surface area contributed by atoms with Crippen molar-refractivity contribution >= 4 is 46.9 Å². The zero-order valence-electron chi connectivity index (χ0n) is 24.1. The summed E-state index contributed by atoms with van der Waals surface area (Å²) in [5.74, 6) is 0.133. The summed E-state index contributed by atoms with van der Waals surface area (Å²) in [4.78, 5) is 40.3. The van der Waals surface area contributed by atoms with E-state index in [0.717, 1.165) is 4.90 Å². The predicted octanol–water partition coefficient (Wildman–Crippen LogP) is 6.62. The Kier molecular flexibility index (Phi) is 11.0. The van der Waals surface area contributed by atoms with Gasteiger partial charge in [-0.15, -0.1) is 11.8 Å². The number of thioether (sulfide) groups is 1. The first-order valence-corrected chi connectivity index (χ1v) is 14.5. The minimum atomic E-state index is -0.514. The number of carbonyl (C=O) groups is 3. The molecule has 0 saturated heterocycles. The number of ether oxygens (including phenoxy) is 2. The zero-order valence-corrected chi connectivity index (χ0v) is 24.9. The highest BCUT2D eigenvalue weighted by molar-refractivity contribution is 8.00. The number of anilines is 2. The van der Waals surface area contributed by atoms with E-state index in [1.165, 1.54) is 11.8 Å². The van der Waals surface area contributed by atoms with Crippen molar-refractivity contribution in [3.05, 3.63) is 120 Å². The van der Waals surface area contributed by atoms with Gasteiger partial charge in [0.25, 0.3) is 11.8 Å². The van der Waals surface area contributed by atoms with Crippen LogP contribution in [0.1, 0.15) is 29.3 Å². The van der Waals surface area contributed by atoms with Gasteiger partial charge in [-0.05, 0) is 61.0 Å². The summed E-state index contributed by atoms with van der Waals surface area (Å²) in [7, 11) is 3.12. The molecule has 4 rings (SSSR count). The molecule has 0 fully saturated rings. The van der Waals surface area contributed by atoms with Crippen LogP contribution in [0.4, 0.5) is 11.4 Å². The molecule has 220 valence electrons. The van der Waals surface area contributed by atoms with Gasteiger partial charge in [-0.2, -0.15) is 0 Å². The van der Waals surface area contributed by atoms with E-state index >= 15 is 0 Å². The minimum absolute atomic E-state index is 0.0421. The minimum Gasteiger partial charge on any atom is -0.497 e. The summed E-state index contributed by atoms with van der Waals surface area (Å²) in [6, 6.07) is 30.3. The average Bonchev–Trinajstić information content (AvgIpc) is 3.04. The van der Waals surface area contributed by atoms with E-state index in [4.69, 9.17) is 9.47 Å². The first-order chi connectivity index (χ1) is 20.9. The molecule has 4 aromatic rings. The molecule has 8 nitrogen and oxygen atoms in total. The molecule has 0 bridgehead atoms. The van der Waals surface area contributed by atoms with Gasteiger partial charge in [0.05, 0.1) is 19.5 Å². The molecule has 0 aliphatic rings. The lowest BCUT2D eigenvalue weighted by Crippen LogP contribution is -2.30. The van der Waals surface area contributed by atoms with Gasteiger partial charge in [0.2, 0.25) is 5.91 Å². The van der Waals surface area contributed by atoms with Crippen molar-refractivity contribution in [3.63, 3.8) is 0 Å². The van der Waals surface area contributed by atoms with Gasteiger partial charge in [-0.25, -0.2) is 0 Å². The Morgan fingerprint density at radius 3 is 2.21 bits per heavy atom. The number of hydrogen-bond acceptors (Lipinski definition) is 6. The van der Waals surface area contributed by atoms with Crippen molar-refractivity contribution in [1.29, 1.82) is 0 Å². The first kappa shape index (κ1) is 30.9. The summed E-state index contributed by atoms with van der Waals surface area (Å²) in [6.45, 7) is 1.94. The van der Waals surface area contributed by atoms with E-state index in [-0.39, 0.29) is 16.9 Å². The largest absolute Gasteiger partial charge is 0.497 e. The fourth-order valence-corrected chi connectivity index (χ4v) is 5.15. The third-order valence-corrected chi connectivity index (χ3v) is 7.70. The Labute approximate surface area is 255 Å². The number of hydrogen-bond donors (Lipinski definition) is 3. The fourth-order valence-electron chi connectivity index (χ4n) is 4.14. The number of amides is 3. The van der Waals surface area contributed by atoms with Crippen molar-refractivity contribution in [1.82, 2.24) is 5.32 Å². The molecular weight excluding hydrogens is 562 g/mol. The lowest BCUT2D eigenvalue weighted by Gasteiger charge is -2.16. The van der Waals surface area contributed by atoms with Crippen molar-refractivity contribution in [3.8, 4) is 11.5 Å². The van der Waals surface area contributed by atoms with Crippen LogP contribution in [0, 0.1) is 0 Å². The molecule has 3 N–H and O–H groups in total. The van der Waals surface area contributed by atoms with Crippen molar-refractivity contribution in [2.45, 2.75) is 23.5 Å². The second-order valence-corrected chi connectivity index (χ2v) is 10.6. The van der Waals surface area contributed by atoms with E-state index < -0.39 is 11.8 Å². The number of carbonyl (C=O) groups excluding carboxylic acids is 3. The summed E-state index contributed by atoms with van der Waals surface area (Å²) in [5.41, 5.74) is 2.24. The molecular formula is C34H33N3O5S. The molecule has 43 heavy (non-hydrogen) atoms. The number of nitrogens with one attached hydrogen (secondary N) is 3. The second-order valence-electron chi connectivity index (χ2n) is 9.34. The Bertz CT molecular complexity index is 1610. The third-order valence-electron chi connectivity index (χ3n) is 6.34. The molecule has 0 aromatic heterocycles. The third kappa shape index (κ3) is 8.73. The second kappa shape index (κ2) is 15.3. The van der Waals surface area contributed by atoms with E-state index in [2.05, 4.69) is 16.0 Å². The van der Waals surface area contributed by atoms with Crippen molar-refractivity contribution in [2.24, 2.45) is 0 Å². The van der Waals surface area contributed by atoms with Gasteiger partial charge >= 0.3 is 0 Å². The molecule has 0 heterocycles. The van der Waals surface area contributed by atoms with E-state index in [9.17, 15) is 14.4 Å². The quantitative estimate of drug-likeness (QED) is 0.126. The van der Waals surface area contributed by atoms with Crippen LogP contribution in [-0.2, 0) is 9.59 Å². The normalized spacial score (nSPS) is 11.7. The number of para-hydroxylation sites is 1. The first-order valence-electron chi connectivity index (χ1n) is 13.6. The maximum absolute atomic E-state index is 13.5. The van der Waals surface area contributed by atoms with Crippen LogP contribution in [-0.4, -0.2) is 37.2 Å².